The van der Waals surface area contributed by atoms with Gasteiger partial charge < -0.3 is 4.74 Å². The Balaban J connectivity index is 0.000000516. The zero-order valence-electron chi connectivity index (χ0n) is 18.4. The van der Waals surface area contributed by atoms with Gasteiger partial charge in [0.05, 0.1) is 19.3 Å². The molecule has 1 aromatic carbocycles. The van der Waals surface area contributed by atoms with Crippen molar-refractivity contribution < 1.29 is 17.9 Å². The summed E-state index contributed by atoms with van der Waals surface area (Å²) >= 11 is 0. The Kier molecular flexibility index (Phi) is 9.47. The molecule has 0 amide bonds. The van der Waals surface area contributed by atoms with Crippen LogP contribution in [0.4, 0.5) is 13.2 Å². The highest BCUT2D eigenvalue weighted by atomic mass is 19.4. The van der Waals surface area contributed by atoms with Crippen LogP contribution in [-0.4, -0.2) is 16.9 Å². The van der Waals surface area contributed by atoms with Gasteiger partial charge in [-0.25, -0.2) is 0 Å². The van der Waals surface area contributed by atoms with Crippen LogP contribution in [0.2, 0.25) is 0 Å². The van der Waals surface area contributed by atoms with Crippen molar-refractivity contribution in [2.45, 2.75) is 66.6 Å². The van der Waals surface area contributed by atoms with Crippen LogP contribution in [0.3, 0.4) is 0 Å². The van der Waals surface area contributed by atoms with Crippen molar-refractivity contribution in [3.05, 3.63) is 47.7 Å². The number of halogens is 3. The molecule has 0 N–H and O–H groups in total. The lowest BCUT2D eigenvalue weighted by Crippen LogP contribution is -2.08. The van der Waals surface area contributed by atoms with Gasteiger partial charge in [-0.15, -0.1) is 0 Å². The number of ether oxygens (including phenoxy) is 1. The highest BCUT2D eigenvalue weighted by Crippen LogP contribution is 2.33. The molecular weight excluding hydrogens is 377 g/mol. The summed E-state index contributed by atoms with van der Waals surface area (Å²) in [5.74, 6) is 1.63. The third kappa shape index (κ3) is 7.59. The minimum Gasteiger partial charge on any atom is -0.496 e. The molecule has 0 saturated carbocycles. The van der Waals surface area contributed by atoms with Crippen LogP contribution in [0.15, 0.2) is 36.4 Å². The van der Waals surface area contributed by atoms with Crippen LogP contribution in [0.1, 0.15) is 58.2 Å². The minimum absolute atomic E-state index is 0.233. The Bertz CT molecular complexity index is 794. The van der Waals surface area contributed by atoms with Gasteiger partial charge in [-0.3, -0.25) is 4.68 Å². The number of alkyl halides is 3. The van der Waals surface area contributed by atoms with Gasteiger partial charge >= 0.3 is 6.18 Å². The summed E-state index contributed by atoms with van der Waals surface area (Å²) in [6, 6.07) is 6.29. The second-order valence-corrected chi connectivity index (χ2v) is 7.51. The largest absolute Gasteiger partial charge is 0.496 e. The zero-order valence-corrected chi connectivity index (χ0v) is 18.4. The second-order valence-electron chi connectivity index (χ2n) is 7.51. The molecule has 0 bridgehead atoms. The van der Waals surface area contributed by atoms with Crippen LogP contribution in [0.25, 0.3) is 11.3 Å². The molecule has 1 heterocycles. The number of methoxy groups -OCH3 is 1. The fourth-order valence-corrected chi connectivity index (χ4v) is 2.90. The summed E-state index contributed by atoms with van der Waals surface area (Å²) in [6.07, 6.45) is -0.393. The Labute approximate surface area is 172 Å². The molecule has 29 heavy (non-hydrogen) atoms. The molecule has 162 valence electrons. The quantitative estimate of drug-likeness (QED) is 0.448. The smallest absolute Gasteiger partial charge is 0.435 e. The maximum Gasteiger partial charge on any atom is 0.435 e. The molecule has 0 saturated heterocycles. The van der Waals surface area contributed by atoms with Gasteiger partial charge in [-0.1, -0.05) is 52.2 Å². The first kappa shape index (κ1) is 24.8. The maximum atomic E-state index is 12.9. The van der Waals surface area contributed by atoms with Crippen LogP contribution in [-0.2, 0) is 12.7 Å². The Hall–Kier alpha value is -2.24. The molecule has 0 aliphatic heterocycles. The van der Waals surface area contributed by atoms with Gasteiger partial charge in [0.15, 0.2) is 5.69 Å². The van der Waals surface area contributed by atoms with Crippen molar-refractivity contribution in [2.75, 3.05) is 7.11 Å². The van der Waals surface area contributed by atoms with E-state index in [1.165, 1.54) is 23.9 Å². The van der Waals surface area contributed by atoms with E-state index in [1.54, 1.807) is 32.2 Å². The number of aryl methyl sites for hydroxylation is 1. The topological polar surface area (TPSA) is 27.1 Å². The van der Waals surface area contributed by atoms with Gasteiger partial charge in [-0.05, 0) is 49.6 Å². The zero-order chi connectivity index (χ0) is 22.2. The first-order valence-corrected chi connectivity index (χ1v) is 9.97. The van der Waals surface area contributed by atoms with Gasteiger partial charge in [0, 0.05) is 5.56 Å². The average molecular weight is 411 g/mol. The molecule has 3 nitrogen and oxygen atoms in total. The highest BCUT2D eigenvalue weighted by molar-refractivity contribution is 5.63. The predicted molar refractivity (Wildman–Crippen MR) is 113 cm³/mol. The molecule has 0 aliphatic carbocycles. The number of rotatable bonds is 7. The van der Waals surface area contributed by atoms with E-state index in [1.807, 2.05) is 6.92 Å². The minimum atomic E-state index is -4.48. The van der Waals surface area contributed by atoms with E-state index in [9.17, 15) is 13.2 Å². The Morgan fingerprint density at radius 2 is 1.90 bits per heavy atom. The van der Waals surface area contributed by atoms with Crippen molar-refractivity contribution >= 4 is 0 Å². The van der Waals surface area contributed by atoms with Gasteiger partial charge in [0.1, 0.15) is 5.75 Å². The van der Waals surface area contributed by atoms with Crippen molar-refractivity contribution in [1.29, 1.82) is 0 Å². The van der Waals surface area contributed by atoms with E-state index in [2.05, 4.69) is 32.4 Å². The summed E-state index contributed by atoms with van der Waals surface area (Å²) in [5.41, 5.74) is 1.72. The number of benzene rings is 1. The molecule has 0 fully saturated rings. The van der Waals surface area contributed by atoms with E-state index >= 15 is 0 Å². The fourth-order valence-electron chi connectivity index (χ4n) is 2.90. The third-order valence-electron chi connectivity index (χ3n) is 4.66. The van der Waals surface area contributed by atoms with E-state index in [0.29, 0.717) is 17.0 Å². The van der Waals surface area contributed by atoms with Crippen LogP contribution < -0.4 is 4.74 Å². The molecule has 1 unspecified atom stereocenters. The van der Waals surface area contributed by atoms with Crippen molar-refractivity contribution in [1.82, 2.24) is 9.78 Å². The molecule has 1 aromatic heterocycles. The van der Waals surface area contributed by atoms with E-state index in [4.69, 9.17) is 4.74 Å². The van der Waals surface area contributed by atoms with Crippen LogP contribution in [0.5, 0.6) is 5.75 Å². The summed E-state index contributed by atoms with van der Waals surface area (Å²) in [5, 5.41) is 3.67. The van der Waals surface area contributed by atoms with E-state index in [-0.39, 0.29) is 6.54 Å². The van der Waals surface area contributed by atoms with Gasteiger partial charge in [0.2, 0.25) is 0 Å². The normalized spacial score (nSPS) is 12.2. The molecule has 2 rings (SSSR count). The average Bonchev–Trinajstić information content (AvgIpc) is 3.05. The number of nitrogens with zero attached hydrogens (tertiary/aromatic N) is 2. The lowest BCUT2D eigenvalue weighted by atomic mass is 10.0. The number of aromatic nitrogens is 2. The summed E-state index contributed by atoms with van der Waals surface area (Å²) in [7, 11) is 1.55. The molecule has 0 spiro atoms. The highest BCUT2D eigenvalue weighted by Gasteiger charge is 2.35. The second kappa shape index (κ2) is 11.1. The first-order valence-electron chi connectivity index (χ1n) is 9.97. The van der Waals surface area contributed by atoms with Gasteiger partial charge in [0.25, 0.3) is 0 Å². The lowest BCUT2D eigenvalue weighted by Gasteiger charge is -2.10. The van der Waals surface area contributed by atoms with E-state index < -0.39 is 11.9 Å². The molecule has 0 aliphatic rings. The molecule has 1 atom stereocenters. The number of allylic oxidation sites excluding steroid dienone is 1. The van der Waals surface area contributed by atoms with Crippen molar-refractivity contribution in [3.63, 3.8) is 0 Å². The Morgan fingerprint density at radius 1 is 1.24 bits per heavy atom. The fraction of sp³-hybridized carbons (Fsp3) is 0.522. The van der Waals surface area contributed by atoms with Crippen molar-refractivity contribution in [3.8, 4) is 17.0 Å². The molecular formula is C23H33F3N2O. The summed E-state index contributed by atoms with van der Waals surface area (Å²) in [4.78, 5) is 0. The summed E-state index contributed by atoms with van der Waals surface area (Å²) in [6.45, 7) is 14.4. The molecule has 0 radical (unpaired) electrons. The third-order valence-corrected chi connectivity index (χ3v) is 4.66. The standard InChI is InChI=1S/C16H17F3N2O.C7H16/c1-10(2)9-21-13(8-15(20-21)16(17,18)19)12-5-6-14(22-4)11(3)7-12;1-4-6-7(3)5-2/h5-8H,1,9H2,2-4H3;7H,4-6H2,1-3H3. The predicted octanol–water partition coefficient (Wildman–Crippen LogP) is 7.29. The SMILES string of the molecule is C=C(C)Cn1nc(C(F)(F)F)cc1-c1ccc(OC)c(C)c1.CCCC(C)CC. The Morgan fingerprint density at radius 3 is 2.31 bits per heavy atom. The van der Waals surface area contributed by atoms with E-state index in [0.717, 1.165) is 23.1 Å². The van der Waals surface area contributed by atoms with Gasteiger partial charge in [-0.2, -0.15) is 18.3 Å². The van der Waals surface area contributed by atoms with Crippen LogP contribution in [0, 0.1) is 12.8 Å². The number of hydrogen-bond acceptors (Lipinski definition) is 2. The molecule has 2 aromatic rings. The first-order chi connectivity index (χ1) is 13.5. The van der Waals surface area contributed by atoms with Crippen molar-refractivity contribution in [2.24, 2.45) is 5.92 Å². The maximum absolute atomic E-state index is 12.9. The lowest BCUT2D eigenvalue weighted by molar-refractivity contribution is -0.141. The number of hydrogen-bond donors (Lipinski definition) is 0. The molecule has 6 heteroatoms. The van der Waals surface area contributed by atoms with Crippen LogP contribution >= 0.6 is 0 Å². The monoisotopic (exact) mass is 410 g/mol. The summed E-state index contributed by atoms with van der Waals surface area (Å²) < 4.78 is 45.2.